The first-order chi connectivity index (χ1) is 6.19. The van der Waals surface area contributed by atoms with Gasteiger partial charge in [-0.2, -0.15) is 0 Å². The highest BCUT2D eigenvalue weighted by Gasteiger charge is 2.28. The number of hydrogen-bond donors (Lipinski definition) is 0. The number of cyclic esters (lactones) is 1. The lowest BCUT2D eigenvalue weighted by Gasteiger charge is -2.26. The molecule has 1 heterocycles. The Morgan fingerprint density at radius 3 is 2.62 bits per heavy atom. The minimum absolute atomic E-state index is 0.0313. The molecular formula is C11H16O2. The monoisotopic (exact) mass is 180 g/mol. The van der Waals surface area contributed by atoms with E-state index >= 15 is 0 Å². The Balaban J connectivity index is 2.73. The van der Waals surface area contributed by atoms with Crippen LogP contribution in [0.2, 0.25) is 0 Å². The average Bonchev–Trinajstić information content (AvgIpc) is 2.04. The lowest BCUT2D eigenvalue weighted by atomic mass is 9.91. The second-order valence-electron chi connectivity index (χ2n) is 3.35. The van der Waals surface area contributed by atoms with Crippen LogP contribution in [0.5, 0.6) is 0 Å². The normalized spacial score (nSPS) is 32.5. The van der Waals surface area contributed by atoms with E-state index in [4.69, 9.17) is 4.74 Å². The molecule has 0 saturated carbocycles. The molecule has 0 N–H and O–H groups in total. The fraction of sp³-hybridized carbons (Fsp3) is 0.545. The highest BCUT2D eigenvalue weighted by Crippen LogP contribution is 2.26. The summed E-state index contributed by atoms with van der Waals surface area (Å²) in [5, 5.41) is 0. The van der Waals surface area contributed by atoms with Crippen molar-refractivity contribution < 1.29 is 9.53 Å². The Labute approximate surface area is 79.3 Å². The first-order valence-electron chi connectivity index (χ1n) is 4.69. The van der Waals surface area contributed by atoms with Crippen molar-refractivity contribution in [2.75, 3.05) is 0 Å². The van der Waals surface area contributed by atoms with Crippen molar-refractivity contribution >= 4 is 5.97 Å². The third-order valence-electron chi connectivity index (χ3n) is 2.33. The van der Waals surface area contributed by atoms with Crippen LogP contribution >= 0.6 is 0 Å². The molecule has 0 aromatic carbocycles. The van der Waals surface area contributed by atoms with Crippen molar-refractivity contribution in [2.45, 2.75) is 33.3 Å². The van der Waals surface area contributed by atoms with Gasteiger partial charge in [-0.15, -0.1) is 0 Å². The van der Waals surface area contributed by atoms with Gasteiger partial charge < -0.3 is 4.74 Å². The molecular weight excluding hydrogens is 164 g/mol. The smallest absolute Gasteiger partial charge is 0.334 e. The fourth-order valence-electron chi connectivity index (χ4n) is 1.67. The topological polar surface area (TPSA) is 26.3 Å². The molecule has 1 aliphatic rings. The second kappa shape index (κ2) is 4.26. The SMILES string of the molecule is C/C=C/C1CC(C)/C(=C\C)C(=O)O1. The largest absolute Gasteiger partial charge is 0.455 e. The molecule has 1 rings (SSSR count). The molecule has 0 radical (unpaired) electrons. The molecule has 0 aliphatic carbocycles. The first-order valence-corrected chi connectivity index (χ1v) is 4.69. The van der Waals surface area contributed by atoms with E-state index in [1.54, 1.807) is 0 Å². The lowest BCUT2D eigenvalue weighted by molar-refractivity contribution is -0.146. The molecule has 0 aromatic heterocycles. The van der Waals surface area contributed by atoms with E-state index in [0.29, 0.717) is 5.92 Å². The van der Waals surface area contributed by atoms with Gasteiger partial charge in [-0.05, 0) is 32.3 Å². The van der Waals surface area contributed by atoms with Crippen LogP contribution in [-0.4, -0.2) is 12.1 Å². The zero-order chi connectivity index (χ0) is 9.84. The number of rotatable bonds is 1. The van der Waals surface area contributed by atoms with Gasteiger partial charge in [-0.3, -0.25) is 0 Å². The van der Waals surface area contributed by atoms with Crippen molar-refractivity contribution in [2.24, 2.45) is 5.92 Å². The summed E-state index contributed by atoms with van der Waals surface area (Å²) in [5.41, 5.74) is 0.806. The highest BCUT2D eigenvalue weighted by atomic mass is 16.5. The minimum Gasteiger partial charge on any atom is -0.455 e. The first kappa shape index (κ1) is 10.0. The van der Waals surface area contributed by atoms with Crippen LogP contribution in [-0.2, 0) is 9.53 Å². The van der Waals surface area contributed by atoms with Crippen LogP contribution < -0.4 is 0 Å². The molecule has 0 aromatic rings. The Morgan fingerprint density at radius 1 is 1.46 bits per heavy atom. The van der Waals surface area contributed by atoms with E-state index in [9.17, 15) is 4.79 Å². The highest BCUT2D eigenvalue weighted by molar-refractivity contribution is 5.89. The number of carbonyl (C=O) groups is 1. The summed E-state index contributed by atoms with van der Waals surface area (Å²) in [5.74, 6) is 0.150. The van der Waals surface area contributed by atoms with Crippen molar-refractivity contribution in [3.05, 3.63) is 23.8 Å². The van der Waals surface area contributed by atoms with Gasteiger partial charge in [0.15, 0.2) is 0 Å². The van der Waals surface area contributed by atoms with Crippen LogP contribution in [0.3, 0.4) is 0 Å². The molecule has 2 heteroatoms. The summed E-state index contributed by atoms with van der Waals surface area (Å²) in [6, 6.07) is 0. The van der Waals surface area contributed by atoms with Gasteiger partial charge in [0.25, 0.3) is 0 Å². The van der Waals surface area contributed by atoms with Crippen molar-refractivity contribution in [1.29, 1.82) is 0 Å². The Hall–Kier alpha value is -1.05. The summed E-state index contributed by atoms with van der Waals surface area (Å²) in [6.45, 7) is 5.87. The standard InChI is InChI=1S/C11H16O2/c1-4-6-9-7-8(3)10(5-2)11(12)13-9/h4-6,8-9H,7H2,1-3H3/b6-4+,10-5+. The van der Waals surface area contributed by atoms with E-state index < -0.39 is 0 Å². The van der Waals surface area contributed by atoms with Crippen LogP contribution in [0.4, 0.5) is 0 Å². The lowest BCUT2D eigenvalue weighted by Crippen LogP contribution is -2.29. The number of ether oxygens (including phenoxy) is 1. The number of hydrogen-bond acceptors (Lipinski definition) is 2. The zero-order valence-electron chi connectivity index (χ0n) is 8.41. The fourth-order valence-corrected chi connectivity index (χ4v) is 1.67. The van der Waals surface area contributed by atoms with Gasteiger partial charge in [-0.25, -0.2) is 4.79 Å². The maximum Gasteiger partial charge on any atom is 0.334 e. The summed E-state index contributed by atoms with van der Waals surface area (Å²) >= 11 is 0. The van der Waals surface area contributed by atoms with Crippen LogP contribution in [0.1, 0.15) is 27.2 Å². The van der Waals surface area contributed by atoms with Crippen molar-refractivity contribution in [3.63, 3.8) is 0 Å². The third-order valence-corrected chi connectivity index (χ3v) is 2.33. The summed E-state index contributed by atoms with van der Waals surface area (Å²) < 4.78 is 5.21. The maximum atomic E-state index is 11.4. The molecule has 0 bridgehead atoms. The number of carbonyl (C=O) groups excluding carboxylic acids is 1. The molecule has 2 unspecified atom stereocenters. The average molecular weight is 180 g/mol. The minimum atomic E-state index is -0.163. The van der Waals surface area contributed by atoms with Crippen LogP contribution in [0.25, 0.3) is 0 Å². The molecule has 13 heavy (non-hydrogen) atoms. The van der Waals surface area contributed by atoms with Gasteiger partial charge >= 0.3 is 5.97 Å². The second-order valence-corrected chi connectivity index (χ2v) is 3.35. The number of esters is 1. The third kappa shape index (κ3) is 2.20. The molecule has 0 spiro atoms. The van der Waals surface area contributed by atoms with E-state index in [0.717, 1.165) is 12.0 Å². The predicted octanol–water partition coefficient (Wildman–Crippen LogP) is 2.46. The van der Waals surface area contributed by atoms with Gasteiger partial charge in [0, 0.05) is 5.57 Å². The quantitative estimate of drug-likeness (QED) is 0.352. The van der Waals surface area contributed by atoms with E-state index in [1.807, 2.05) is 32.1 Å². The Morgan fingerprint density at radius 2 is 2.15 bits per heavy atom. The van der Waals surface area contributed by atoms with E-state index in [1.165, 1.54) is 0 Å². The maximum absolute atomic E-state index is 11.4. The summed E-state index contributed by atoms with van der Waals surface area (Å²) in [7, 11) is 0. The van der Waals surface area contributed by atoms with Crippen molar-refractivity contribution in [1.82, 2.24) is 0 Å². The van der Waals surface area contributed by atoms with E-state index in [2.05, 4.69) is 6.92 Å². The van der Waals surface area contributed by atoms with E-state index in [-0.39, 0.29) is 12.1 Å². The van der Waals surface area contributed by atoms with Crippen molar-refractivity contribution in [3.8, 4) is 0 Å². The molecule has 0 amide bonds. The molecule has 1 aliphatic heterocycles. The van der Waals surface area contributed by atoms with Crippen LogP contribution in [0, 0.1) is 5.92 Å². The van der Waals surface area contributed by atoms with Gasteiger partial charge in [-0.1, -0.05) is 19.1 Å². The Bertz CT molecular complexity index is 251. The van der Waals surface area contributed by atoms with Gasteiger partial charge in [0.1, 0.15) is 6.10 Å². The Kier molecular flexibility index (Phi) is 3.29. The summed E-state index contributed by atoms with van der Waals surface area (Å²) in [4.78, 5) is 11.4. The number of allylic oxidation sites excluding steroid dienone is 2. The molecule has 1 fully saturated rings. The molecule has 1 saturated heterocycles. The van der Waals surface area contributed by atoms with Crippen LogP contribution in [0.15, 0.2) is 23.8 Å². The molecule has 72 valence electrons. The summed E-state index contributed by atoms with van der Waals surface area (Å²) in [6.07, 6.45) is 6.57. The predicted molar refractivity (Wildman–Crippen MR) is 52.2 cm³/mol. The molecule has 2 nitrogen and oxygen atoms in total. The van der Waals surface area contributed by atoms with Gasteiger partial charge in [0.2, 0.25) is 0 Å². The molecule has 2 atom stereocenters. The zero-order valence-corrected chi connectivity index (χ0v) is 8.41. The van der Waals surface area contributed by atoms with Gasteiger partial charge in [0.05, 0.1) is 0 Å².